The lowest BCUT2D eigenvalue weighted by molar-refractivity contribution is -0.147. The number of amides is 1. The van der Waals surface area contributed by atoms with Crippen LogP contribution < -0.4 is 11.1 Å². The Hall–Kier alpha value is -2.93. The Morgan fingerprint density at radius 2 is 1.14 bits per heavy atom. The predicted octanol–water partition coefficient (Wildman–Crippen LogP) is 11.0. The van der Waals surface area contributed by atoms with Crippen molar-refractivity contribution < 1.29 is 24.2 Å². The number of hydrogen-bond acceptors (Lipinski definition) is 5. The van der Waals surface area contributed by atoms with E-state index in [2.05, 4.69) is 73.8 Å². The lowest BCUT2D eigenvalue weighted by Gasteiger charge is -2.15. The predicted molar refractivity (Wildman–Crippen MR) is 211 cm³/mol. The molecule has 1 amide bonds. The largest absolute Gasteiger partial charge is 0.480 e. The number of rotatable bonds is 35. The number of carbonyl (C=O) groups is 3. The van der Waals surface area contributed by atoms with Crippen molar-refractivity contribution in [1.29, 1.82) is 0 Å². The quantitative estimate of drug-likeness (QED) is 0.0344. The number of allylic oxidation sites excluding steroid dienone is 9. The molecule has 0 saturated carbocycles. The van der Waals surface area contributed by atoms with Crippen LogP contribution in [0.1, 0.15) is 174 Å². The summed E-state index contributed by atoms with van der Waals surface area (Å²) in [5.41, 5.74) is 5.47. The molecule has 7 heteroatoms. The second-order valence-corrected chi connectivity index (χ2v) is 13.3. The molecule has 2 unspecified atom stereocenters. The Labute approximate surface area is 306 Å². The van der Waals surface area contributed by atoms with E-state index in [1.54, 1.807) is 0 Å². The lowest BCUT2D eigenvalue weighted by atomic mass is 10.1. The molecule has 7 nitrogen and oxygen atoms in total. The fraction of sp³-hybridized carbons (Fsp3) is 0.698. The van der Waals surface area contributed by atoms with Crippen molar-refractivity contribution in [3.05, 3.63) is 60.8 Å². The van der Waals surface area contributed by atoms with Crippen molar-refractivity contribution in [3.63, 3.8) is 0 Å². The van der Waals surface area contributed by atoms with E-state index in [0.717, 1.165) is 96.3 Å². The number of carboxylic acids is 1. The van der Waals surface area contributed by atoms with Gasteiger partial charge >= 0.3 is 11.9 Å². The first-order chi connectivity index (χ1) is 24.4. The summed E-state index contributed by atoms with van der Waals surface area (Å²) in [6, 6.07) is -0.869. The fourth-order valence-corrected chi connectivity index (χ4v) is 5.47. The Balaban J connectivity index is 4.49. The fourth-order valence-electron chi connectivity index (χ4n) is 5.47. The van der Waals surface area contributed by atoms with Gasteiger partial charge in [0.15, 0.2) is 0 Å². The first-order valence-electron chi connectivity index (χ1n) is 20.1. The van der Waals surface area contributed by atoms with Gasteiger partial charge in [-0.05, 0) is 103 Å². The SMILES string of the molecule is CCC/C=C\C/C=C\CCCCCCCC(=O)OC(/C=C\C/C=C\C/C=C\CCCCC)CCCCCCCC(=O)NC(CCCN)C(=O)O. The van der Waals surface area contributed by atoms with Crippen LogP contribution in [0.2, 0.25) is 0 Å². The summed E-state index contributed by atoms with van der Waals surface area (Å²) in [6.45, 7) is 4.83. The van der Waals surface area contributed by atoms with Crippen LogP contribution in [-0.2, 0) is 19.1 Å². The van der Waals surface area contributed by atoms with Gasteiger partial charge in [-0.25, -0.2) is 4.79 Å². The monoisotopic (exact) mass is 699 g/mol. The molecular formula is C43H74N2O5. The Morgan fingerprint density at radius 1 is 0.600 bits per heavy atom. The molecule has 4 N–H and O–H groups in total. The number of nitrogens with one attached hydrogen (secondary N) is 1. The molecule has 0 radical (unpaired) electrons. The normalized spacial score (nSPS) is 13.3. The molecule has 0 aliphatic carbocycles. The van der Waals surface area contributed by atoms with Gasteiger partial charge in [-0.1, -0.05) is 126 Å². The average Bonchev–Trinajstić information content (AvgIpc) is 3.10. The van der Waals surface area contributed by atoms with Gasteiger partial charge in [-0.15, -0.1) is 0 Å². The molecule has 0 spiro atoms. The lowest BCUT2D eigenvalue weighted by Crippen LogP contribution is -2.40. The molecule has 0 fully saturated rings. The molecule has 0 aromatic heterocycles. The molecule has 286 valence electrons. The molecule has 2 atom stereocenters. The van der Waals surface area contributed by atoms with Crippen LogP contribution in [0.25, 0.3) is 0 Å². The Bertz CT molecular complexity index is 968. The van der Waals surface area contributed by atoms with Gasteiger partial charge in [0, 0.05) is 12.8 Å². The van der Waals surface area contributed by atoms with Gasteiger partial charge in [0.05, 0.1) is 0 Å². The van der Waals surface area contributed by atoms with Crippen LogP contribution in [0.5, 0.6) is 0 Å². The van der Waals surface area contributed by atoms with Gasteiger partial charge < -0.3 is 20.9 Å². The molecule has 0 aromatic rings. The van der Waals surface area contributed by atoms with Gasteiger partial charge in [0.1, 0.15) is 12.1 Å². The summed E-state index contributed by atoms with van der Waals surface area (Å²) in [4.78, 5) is 36.2. The van der Waals surface area contributed by atoms with E-state index in [4.69, 9.17) is 10.5 Å². The van der Waals surface area contributed by atoms with E-state index in [1.165, 1.54) is 38.5 Å². The highest BCUT2D eigenvalue weighted by molar-refractivity contribution is 5.83. The van der Waals surface area contributed by atoms with Crippen LogP contribution in [-0.4, -0.2) is 41.6 Å². The highest BCUT2D eigenvalue weighted by Gasteiger charge is 2.18. The number of aliphatic carboxylic acids is 1. The summed E-state index contributed by atoms with van der Waals surface area (Å²) in [5.74, 6) is -1.35. The first-order valence-corrected chi connectivity index (χ1v) is 20.1. The number of hydrogen-bond donors (Lipinski definition) is 3. The van der Waals surface area contributed by atoms with Crippen molar-refractivity contribution >= 4 is 17.8 Å². The van der Waals surface area contributed by atoms with E-state index in [1.807, 2.05) is 6.08 Å². The van der Waals surface area contributed by atoms with Gasteiger partial charge in [-0.3, -0.25) is 9.59 Å². The minimum atomic E-state index is -1.02. The molecule has 0 aliphatic rings. The molecule has 0 aliphatic heterocycles. The molecule has 0 rings (SSSR count). The number of carboxylic acid groups (broad SMARTS) is 1. The van der Waals surface area contributed by atoms with Crippen LogP contribution in [0, 0.1) is 0 Å². The molecule has 0 aromatic carbocycles. The minimum Gasteiger partial charge on any atom is -0.480 e. The van der Waals surface area contributed by atoms with Crippen LogP contribution in [0.4, 0.5) is 0 Å². The van der Waals surface area contributed by atoms with Gasteiger partial charge in [0.25, 0.3) is 0 Å². The van der Waals surface area contributed by atoms with Crippen LogP contribution in [0.3, 0.4) is 0 Å². The molecule has 0 heterocycles. The second kappa shape index (κ2) is 37.3. The third-order valence-corrected chi connectivity index (χ3v) is 8.52. The van der Waals surface area contributed by atoms with Crippen molar-refractivity contribution in [1.82, 2.24) is 5.32 Å². The number of esters is 1. The van der Waals surface area contributed by atoms with E-state index in [9.17, 15) is 19.5 Å². The summed E-state index contributed by atoms with van der Waals surface area (Å²) in [5, 5.41) is 11.9. The first kappa shape index (κ1) is 47.1. The maximum absolute atomic E-state index is 12.7. The van der Waals surface area contributed by atoms with E-state index >= 15 is 0 Å². The number of carbonyl (C=O) groups excluding carboxylic acids is 2. The van der Waals surface area contributed by atoms with Gasteiger partial charge in [-0.2, -0.15) is 0 Å². The molecule has 0 saturated heterocycles. The van der Waals surface area contributed by atoms with Crippen molar-refractivity contribution in [2.45, 2.75) is 187 Å². The number of ether oxygens (including phenoxy) is 1. The van der Waals surface area contributed by atoms with E-state index < -0.39 is 12.0 Å². The standard InChI is InChI=1S/C43H74N2O5/c1-3-5-7-9-11-13-15-16-18-20-22-27-31-37-42(47)50-39(33-28-24-21-19-17-14-12-10-8-6-4-2)34-29-25-23-26-30-36-41(46)45-40(43(48)49)35-32-38-44/h7,9,12-15,19,21,28,33,39-40H,3-6,8,10-11,16-18,20,22-27,29-32,34-38,44H2,1-2H3,(H,45,46)(H,48,49)/b9-7-,14-12-,15-13-,21-19-,33-28-. The van der Waals surface area contributed by atoms with E-state index in [0.29, 0.717) is 32.2 Å². The zero-order valence-electron chi connectivity index (χ0n) is 32.0. The highest BCUT2D eigenvalue weighted by atomic mass is 16.5. The summed E-state index contributed by atoms with van der Waals surface area (Å²) >= 11 is 0. The zero-order valence-corrected chi connectivity index (χ0v) is 32.0. The Kier molecular flexibility index (Phi) is 35.1. The van der Waals surface area contributed by atoms with Crippen LogP contribution in [0.15, 0.2) is 60.8 Å². The topological polar surface area (TPSA) is 119 Å². The molecule has 0 bridgehead atoms. The van der Waals surface area contributed by atoms with Gasteiger partial charge in [0.2, 0.25) is 5.91 Å². The third kappa shape index (κ3) is 33.6. The minimum absolute atomic E-state index is 0.111. The maximum Gasteiger partial charge on any atom is 0.326 e. The molecule has 50 heavy (non-hydrogen) atoms. The zero-order chi connectivity index (χ0) is 36.8. The number of nitrogens with two attached hydrogens (primary N) is 1. The van der Waals surface area contributed by atoms with Crippen LogP contribution >= 0.6 is 0 Å². The Morgan fingerprint density at radius 3 is 1.76 bits per heavy atom. The second-order valence-electron chi connectivity index (χ2n) is 13.3. The smallest absolute Gasteiger partial charge is 0.326 e. The molecular weight excluding hydrogens is 624 g/mol. The number of unbranched alkanes of at least 4 members (excludes halogenated alkanes) is 13. The summed E-state index contributed by atoms with van der Waals surface area (Å²) < 4.78 is 5.91. The highest BCUT2D eigenvalue weighted by Crippen LogP contribution is 2.15. The summed E-state index contributed by atoms with van der Waals surface area (Å²) in [6.07, 6.45) is 45.6. The van der Waals surface area contributed by atoms with Crippen molar-refractivity contribution in [2.75, 3.05) is 6.54 Å². The average molecular weight is 699 g/mol. The maximum atomic E-state index is 12.7. The van der Waals surface area contributed by atoms with E-state index in [-0.39, 0.29) is 18.0 Å². The van der Waals surface area contributed by atoms with Crippen molar-refractivity contribution in [3.8, 4) is 0 Å². The third-order valence-electron chi connectivity index (χ3n) is 8.52. The van der Waals surface area contributed by atoms with Crippen molar-refractivity contribution in [2.24, 2.45) is 5.73 Å². The summed E-state index contributed by atoms with van der Waals surface area (Å²) in [7, 11) is 0.